The van der Waals surface area contributed by atoms with Crippen LogP contribution < -0.4 is 5.73 Å². The van der Waals surface area contributed by atoms with E-state index in [0.717, 1.165) is 31.7 Å². The minimum Gasteiger partial charge on any atom is -0.384 e. The first-order chi connectivity index (χ1) is 9.10. The first kappa shape index (κ1) is 14.0. The molecule has 19 heavy (non-hydrogen) atoms. The molecule has 0 saturated carbocycles. The zero-order valence-corrected chi connectivity index (χ0v) is 11.7. The predicted molar refractivity (Wildman–Crippen MR) is 77.4 cm³/mol. The van der Waals surface area contributed by atoms with Crippen LogP contribution in [-0.2, 0) is 11.3 Å². The topological polar surface area (TPSA) is 62.3 Å². The molecule has 0 aromatic heterocycles. The molecule has 1 fully saturated rings. The Morgan fingerprint density at radius 1 is 1.53 bits per heavy atom. The van der Waals surface area contributed by atoms with E-state index in [9.17, 15) is 0 Å². The minimum atomic E-state index is 0.129. The molecule has 0 bridgehead atoms. The second-order valence-electron chi connectivity index (χ2n) is 5.25. The summed E-state index contributed by atoms with van der Waals surface area (Å²) in [5, 5.41) is 7.50. The molecule has 2 rings (SSSR count). The van der Waals surface area contributed by atoms with Crippen LogP contribution in [0.2, 0.25) is 0 Å². The van der Waals surface area contributed by atoms with Crippen molar-refractivity contribution in [1.82, 2.24) is 4.90 Å². The summed E-state index contributed by atoms with van der Waals surface area (Å²) in [6.07, 6.45) is 1.39. The van der Waals surface area contributed by atoms with Crippen LogP contribution in [0.3, 0.4) is 0 Å². The molecule has 1 aromatic carbocycles. The highest BCUT2D eigenvalue weighted by atomic mass is 16.5. The van der Waals surface area contributed by atoms with Crippen LogP contribution in [0, 0.1) is 5.41 Å². The Bertz CT molecular complexity index is 447. The highest BCUT2D eigenvalue weighted by Crippen LogP contribution is 2.18. The first-order valence-electron chi connectivity index (χ1n) is 6.89. The van der Waals surface area contributed by atoms with Gasteiger partial charge in [0.15, 0.2) is 0 Å². The van der Waals surface area contributed by atoms with Crippen LogP contribution in [0.15, 0.2) is 24.3 Å². The highest BCUT2D eigenvalue weighted by Gasteiger charge is 2.25. The Labute approximate surface area is 115 Å². The van der Waals surface area contributed by atoms with E-state index in [2.05, 4.69) is 24.8 Å². The van der Waals surface area contributed by atoms with Crippen molar-refractivity contribution < 1.29 is 4.74 Å². The van der Waals surface area contributed by atoms with Crippen LogP contribution in [0.25, 0.3) is 0 Å². The number of morpholine rings is 1. The van der Waals surface area contributed by atoms with E-state index in [0.29, 0.717) is 12.1 Å². The van der Waals surface area contributed by atoms with Crippen LogP contribution in [0.5, 0.6) is 0 Å². The Morgan fingerprint density at radius 2 is 2.32 bits per heavy atom. The van der Waals surface area contributed by atoms with Gasteiger partial charge in [-0.25, -0.2) is 0 Å². The molecule has 0 spiro atoms. The smallest absolute Gasteiger partial charge is 0.122 e. The summed E-state index contributed by atoms with van der Waals surface area (Å²) < 4.78 is 5.72. The molecule has 1 aliphatic rings. The molecular formula is C15H23N3O. The van der Waals surface area contributed by atoms with Crippen molar-refractivity contribution in [2.45, 2.75) is 39.0 Å². The number of nitrogens with zero attached hydrogens (tertiary/aromatic N) is 1. The number of hydrogen-bond donors (Lipinski definition) is 2. The summed E-state index contributed by atoms with van der Waals surface area (Å²) in [5.74, 6) is 0.129. The zero-order chi connectivity index (χ0) is 13.8. The van der Waals surface area contributed by atoms with Gasteiger partial charge < -0.3 is 10.5 Å². The third kappa shape index (κ3) is 3.55. The van der Waals surface area contributed by atoms with E-state index < -0.39 is 0 Å². The third-order valence-corrected chi connectivity index (χ3v) is 3.68. The molecule has 1 heterocycles. The lowest BCUT2D eigenvalue weighted by Crippen LogP contribution is -2.47. The maximum Gasteiger partial charge on any atom is 0.122 e. The Balaban J connectivity index is 2.10. The normalized spacial score (nSPS) is 24.3. The molecule has 0 aliphatic carbocycles. The molecule has 2 unspecified atom stereocenters. The standard InChI is InChI=1S/C15H23N3O/c1-3-14-10-19-11(2)8-18(14)9-12-5-4-6-13(7-12)15(16)17/h4-7,11,14H,3,8-10H2,1-2H3,(H3,16,17). The maximum absolute atomic E-state index is 7.50. The van der Waals surface area contributed by atoms with Crippen LogP contribution in [0.1, 0.15) is 31.4 Å². The van der Waals surface area contributed by atoms with E-state index in [4.69, 9.17) is 15.9 Å². The average Bonchev–Trinajstić information content (AvgIpc) is 2.39. The number of ether oxygens (including phenoxy) is 1. The summed E-state index contributed by atoms with van der Waals surface area (Å²) in [7, 11) is 0. The van der Waals surface area contributed by atoms with Gasteiger partial charge >= 0.3 is 0 Å². The van der Waals surface area contributed by atoms with Crippen molar-refractivity contribution >= 4 is 5.84 Å². The van der Waals surface area contributed by atoms with Gasteiger partial charge in [0.25, 0.3) is 0 Å². The van der Waals surface area contributed by atoms with E-state index >= 15 is 0 Å². The fraction of sp³-hybridized carbons (Fsp3) is 0.533. The first-order valence-corrected chi connectivity index (χ1v) is 6.89. The number of hydrogen-bond acceptors (Lipinski definition) is 3. The van der Waals surface area contributed by atoms with Gasteiger partial charge in [-0.05, 0) is 25.0 Å². The lowest BCUT2D eigenvalue weighted by Gasteiger charge is -2.38. The van der Waals surface area contributed by atoms with Crippen molar-refractivity contribution in [2.24, 2.45) is 5.73 Å². The van der Waals surface area contributed by atoms with Crippen molar-refractivity contribution in [3.63, 3.8) is 0 Å². The van der Waals surface area contributed by atoms with Gasteiger partial charge in [-0.3, -0.25) is 10.3 Å². The predicted octanol–water partition coefficient (Wildman–Crippen LogP) is 1.97. The molecule has 1 aliphatic heterocycles. The monoisotopic (exact) mass is 261 g/mol. The molecule has 0 radical (unpaired) electrons. The van der Waals surface area contributed by atoms with Gasteiger partial charge in [0, 0.05) is 24.7 Å². The number of benzene rings is 1. The van der Waals surface area contributed by atoms with Gasteiger partial charge in [0.2, 0.25) is 0 Å². The Morgan fingerprint density at radius 3 is 3.00 bits per heavy atom. The molecular weight excluding hydrogens is 238 g/mol. The molecule has 0 amide bonds. The van der Waals surface area contributed by atoms with E-state index in [1.165, 1.54) is 5.56 Å². The van der Waals surface area contributed by atoms with Crippen LogP contribution in [-0.4, -0.2) is 36.0 Å². The Hall–Kier alpha value is -1.39. The molecule has 1 aromatic rings. The molecule has 2 atom stereocenters. The van der Waals surface area contributed by atoms with Gasteiger partial charge in [-0.15, -0.1) is 0 Å². The summed E-state index contributed by atoms with van der Waals surface area (Å²) in [5.41, 5.74) is 7.55. The van der Waals surface area contributed by atoms with Crippen molar-refractivity contribution in [3.8, 4) is 0 Å². The lowest BCUT2D eigenvalue weighted by molar-refractivity contribution is -0.0592. The number of nitrogen functional groups attached to an aromatic ring is 1. The summed E-state index contributed by atoms with van der Waals surface area (Å²) in [6, 6.07) is 8.44. The second kappa shape index (κ2) is 6.17. The fourth-order valence-corrected chi connectivity index (χ4v) is 2.55. The van der Waals surface area contributed by atoms with Gasteiger partial charge in [-0.1, -0.05) is 25.1 Å². The van der Waals surface area contributed by atoms with E-state index in [1.807, 2.05) is 18.2 Å². The van der Waals surface area contributed by atoms with Gasteiger partial charge in [-0.2, -0.15) is 0 Å². The summed E-state index contributed by atoms with van der Waals surface area (Å²) in [4.78, 5) is 2.47. The van der Waals surface area contributed by atoms with Crippen LogP contribution >= 0.6 is 0 Å². The second-order valence-corrected chi connectivity index (χ2v) is 5.25. The highest BCUT2D eigenvalue weighted by molar-refractivity contribution is 5.95. The zero-order valence-electron chi connectivity index (χ0n) is 11.7. The third-order valence-electron chi connectivity index (χ3n) is 3.68. The SMILES string of the molecule is CCC1COC(C)CN1Cc1cccc(C(=N)N)c1. The quantitative estimate of drug-likeness (QED) is 0.643. The van der Waals surface area contributed by atoms with E-state index in [-0.39, 0.29) is 5.84 Å². The van der Waals surface area contributed by atoms with Crippen LogP contribution in [0.4, 0.5) is 0 Å². The van der Waals surface area contributed by atoms with Crippen molar-refractivity contribution in [3.05, 3.63) is 35.4 Å². The number of nitrogens with one attached hydrogen (secondary N) is 1. The number of nitrogens with two attached hydrogens (primary N) is 1. The molecule has 104 valence electrons. The Kier molecular flexibility index (Phi) is 4.56. The molecule has 3 N–H and O–H groups in total. The molecule has 1 saturated heterocycles. The van der Waals surface area contributed by atoms with Crippen molar-refractivity contribution in [2.75, 3.05) is 13.2 Å². The van der Waals surface area contributed by atoms with E-state index in [1.54, 1.807) is 0 Å². The number of rotatable bonds is 4. The van der Waals surface area contributed by atoms with Gasteiger partial charge in [0.1, 0.15) is 5.84 Å². The number of amidine groups is 1. The average molecular weight is 261 g/mol. The summed E-state index contributed by atoms with van der Waals surface area (Å²) in [6.45, 7) is 6.98. The molecule has 4 heteroatoms. The largest absolute Gasteiger partial charge is 0.384 e. The maximum atomic E-state index is 7.50. The minimum absolute atomic E-state index is 0.129. The lowest BCUT2D eigenvalue weighted by atomic mass is 10.1. The van der Waals surface area contributed by atoms with Gasteiger partial charge in [0.05, 0.1) is 12.7 Å². The van der Waals surface area contributed by atoms with Crippen molar-refractivity contribution in [1.29, 1.82) is 5.41 Å². The fourth-order valence-electron chi connectivity index (χ4n) is 2.55. The summed E-state index contributed by atoms with van der Waals surface area (Å²) >= 11 is 0. The molecule has 4 nitrogen and oxygen atoms in total.